The highest BCUT2D eigenvalue weighted by Crippen LogP contribution is 2.35. The van der Waals surface area contributed by atoms with Gasteiger partial charge in [0.25, 0.3) is 0 Å². The van der Waals surface area contributed by atoms with Crippen LogP contribution in [0, 0.1) is 5.82 Å². The molecule has 1 aliphatic rings. The van der Waals surface area contributed by atoms with Crippen molar-refractivity contribution in [3.8, 4) is 23.0 Å². The third-order valence-corrected chi connectivity index (χ3v) is 8.06. The van der Waals surface area contributed by atoms with Crippen molar-refractivity contribution in [1.29, 1.82) is 0 Å². The number of piperazine rings is 1. The highest BCUT2D eigenvalue weighted by atomic mass is 35.5. The van der Waals surface area contributed by atoms with Gasteiger partial charge < -0.3 is 24.4 Å². The molecule has 6 heterocycles. The van der Waals surface area contributed by atoms with E-state index in [9.17, 15) is 9.18 Å². The fourth-order valence-electron chi connectivity index (χ4n) is 5.51. The van der Waals surface area contributed by atoms with Gasteiger partial charge in [-0.1, -0.05) is 17.7 Å². The van der Waals surface area contributed by atoms with Gasteiger partial charge in [0.1, 0.15) is 29.1 Å². The van der Waals surface area contributed by atoms with Crippen molar-refractivity contribution in [2.24, 2.45) is 0 Å². The van der Waals surface area contributed by atoms with Crippen LogP contribution in [-0.4, -0.2) is 84.8 Å². The number of esters is 1. The zero-order chi connectivity index (χ0) is 30.4. The first-order valence-electron chi connectivity index (χ1n) is 13.8. The predicted octanol–water partition coefficient (Wildman–Crippen LogP) is 3.78. The first kappa shape index (κ1) is 27.7. The van der Waals surface area contributed by atoms with Crippen molar-refractivity contribution < 1.29 is 18.3 Å². The second-order valence-electron chi connectivity index (χ2n) is 10.2. The number of hydrogen-bond donors (Lipinski definition) is 1. The molecular weight excluding hydrogens is 591 g/mol. The monoisotopic (exact) mass is 616 g/mol. The zero-order valence-electron chi connectivity index (χ0n) is 23.5. The number of aromatic nitrogens is 7. The second-order valence-corrected chi connectivity index (χ2v) is 10.6. The van der Waals surface area contributed by atoms with Crippen LogP contribution in [0.2, 0.25) is 5.02 Å². The molecule has 0 bridgehead atoms. The maximum atomic E-state index is 14.8. The molecule has 44 heavy (non-hydrogen) atoms. The van der Waals surface area contributed by atoms with Gasteiger partial charge in [-0.15, -0.1) is 5.10 Å². The number of pyridine rings is 1. The van der Waals surface area contributed by atoms with Crippen LogP contribution in [-0.2, 0) is 11.3 Å². The smallest absolute Gasteiger partial charge is 0.356 e. The van der Waals surface area contributed by atoms with Gasteiger partial charge in [-0.2, -0.15) is 9.50 Å². The number of anilines is 2. The molecule has 13 nitrogen and oxygen atoms in total. The molecule has 1 saturated heterocycles. The highest BCUT2D eigenvalue weighted by molar-refractivity contribution is 6.39. The van der Waals surface area contributed by atoms with E-state index in [1.54, 1.807) is 41.2 Å². The molecule has 0 spiro atoms. The zero-order valence-corrected chi connectivity index (χ0v) is 24.3. The van der Waals surface area contributed by atoms with Crippen LogP contribution in [0.5, 0.6) is 0 Å². The minimum absolute atomic E-state index is 0.0802. The quantitative estimate of drug-likeness (QED) is 0.261. The topological polar surface area (TPSA) is 146 Å². The van der Waals surface area contributed by atoms with Crippen LogP contribution in [0.15, 0.2) is 59.5 Å². The molecule has 7 rings (SSSR count). The summed E-state index contributed by atoms with van der Waals surface area (Å²) in [5.74, 6) is -0.0542. The van der Waals surface area contributed by atoms with Gasteiger partial charge in [-0.25, -0.2) is 19.2 Å². The van der Waals surface area contributed by atoms with Gasteiger partial charge >= 0.3 is 5.97 Å². The molecule has 0 aliphatic carbocycles. The number of nitrogens with zero attached hydrogens (tertiary/aromatic N) is 9. The summed E-state index contributed by atoms with van der Waals surface area (Å²) in [6, 6.07) is 10.2. The number of benzene rings is 1. The summed E-state index contributed by atoms with van der Waals surface area (Å²) in [6.45, 7) is 3.47. The van der Waals surface area contributed by atoms with Gasteiger partial charge in [0, 0.05) is 51.0 Å². The molecule has 5 aromatic heterocycles. The van der Waals surface area contributed by atoms with E-state index < -0.39 is 5.97 Å². The van der Waals surface area contributed by atoms with Crippen molar-refractivity contribution in [1.82, 2.24) is 39.0 Å². The third-order valence-electron chi connectivity index (χ3n) is 7.70. The minimum atomic E-state index is -0.611. The minimum Gasteiger partial charge on any atom is -0.464 e. The first-order valence-corrected chi connectivity index (χ1v) is 14.2. The maximum Gasteiger partial charge on any atom is 0.356 e. The summed E-state index contributed by atoms with van der Waals surface area (Å²) in [6.07, 6.45) is 4.69. The standard InChI is InChI=1S/C29H26ClFN10O3/c1-43-28(42)23-22(30)21-25(36-29(32)41-26(21)35-24(37-41)19-4-2-3-7-33-19)40(23)14-11-38-9-12-39(13-10-38)20-16-17(5-6-18(20)31)27-34-8-15-44-27/h2-8,15-16H,9-14H2,1H3,(H2,32,36). The fourth-order valence-corrected chi connectivity index (χ4v) is 5.85. The first-order chi connectivity index (χ1) is 21.4. The average Bonchev–Trinajstić information content (AvgIpc) is 3.80. The van der Waals surface area contributed by atoms with Crippen LogP contribution in [0.3, 0.4) is 0 Å². The van der Waals surface area contributed by atoms with Crippen LogP contribution in [0.4, 0.5) is 16.0 Å². The maximum absolute atomic E-state index is 14.8. The number of oxazole rings is 1. The molecule has 1 aromatic carbocycles. The number of nitrogens with two attached hydrogens (primary N) is 1. The van der Waals surface area contributed by atoms with E-state index in [1.807, 2.05) is 11.0 Å². The van der Waals surface area contributed by atoms with E-state index in [4.69, 9.17) is 26.5 Å². The van der Waals surface area contributed by atoms with Crippen molar-refractivity contribution in [2.45, 2.75) is 6.54 Å². The summed E-state index contributed by atoms with van der Waals surface area (Å²) in [7, 11) is 1.30. The average molecular weight is 617 g/mol. The number of hydrogen-bond acceptors (Lipinski definition) is 11. The van der Waals surface area contributed by atoms with Gasteiger partial charge in [0.15, 0.2) is 5.65 Å². The number of carbonyl (C=O) groups is 1. The van der Waals surface area contributed by atoms with Gasteiger partial charge in [-0.3, -0.25) is 9.88 Å². The Labute approximate surface area is 254 Å². The fraction of sp³-hybridized carbons (Fsp3) is 0.241. The Bertz CT molecular complexity index is 1990. The van der Waals surface area contributed by atoms with Crippen molar-refractivity contribution >= 4 is 45.9 Å². The van der Waals surface area contributed by atoms with E-state index in [0.29, 0.717) is 84.6 Å². The molecule has 2 N–H and O–H groups in total. The molecule has 6 aromatic rings. The van der Waals surface area contributed by atoms with Gasteiger partial charge in [0.2, 0.25) is 17.7 Å². The molecule has 0 unspecified atom stereocenters. The number of ether oxygens (including phenoxy) is 1. The molecule has 0 amide bonds. The second kappa shape index (κ2) is 11.2. The Hall–Kier alpha value is -5.08. The molecular formula is C29H26ClFN10O3. The lowest BCUT2D eigenvalue weighted by atomic mass is 10.1. The molecule has 0 atom stereocenters. The van der Waals surface area contributed by atoms with Crippen LogP contribution >= 0.6 is 11.6 Å². The number of fused-ring (bicyclic) bond motifs is 3. The predicted molar refractivity (Wildman–Crippen MR) is 161 cm³/mol. The summed E-state index contributed by atoms with van der Waals surface area (Å²) >= 11 is 6.83. The van der Waals surface area contributed by atoms with Gasteiger partial charge in [0.05, 0.1) is 29.4 Å². The Morgan fingerprint density at radius 2 is 1.91 bits per heavy atom. The van der Waals surface area contributed by atoms with E-state index >= 15 is 0 Å². The van der Waals surface area contributed by atoms with E-state index in [0.717, 1.165) is 0 Å². The lowest BCUT2D eigenvalue weighted by Gasteiger charge is -2.36. The molecule has 1 aliphatic heterocycles. The summed E-state index contributed by atoms with van der Waals surface area (Å²) in [5.41, 5.74) is 8.97. The molecule has 0 radical (unpaired) electrons. The van der Waals surface area contributed by atoms with Crippen LogP contribution < -0.4 is 10.6 Å². The summed E-state index contributed by atoms with van der Waals surface area (Å²) in [5, 5.41) is 5.06. The molecule has 0 saturated carbocycles. The Balaban J connectivity index is 1.15. The number of methoxy groups -OCH3 is 1. The number of carbonyl (C=O) groups excluding carboxylic acids is 1. The Morgan fingerprint density at radius 3 is 2.64 bits per heavy atom. The lowest BCUT2D eigenvalue weighted by molar-refractivity contribution is 0.0588. The number of rotatable bonds is 7. The van der Waals surface area contributed by atoms with Crippen molar-refractivity contribution in [3.05, 3.63) is 71.6 Å². The normalized spacial score (nSPS) is 14.1. The van der Waals surface area contributed by atoms with Crippen molar-refractivity contribution in [3.63, 3.8) is 0 Å². The molecule has 15 heteroatoms. The summed E-state index contributed by atoms with van der Waals surface area (Å²) in [4.78, 5) is 34.9. The molecule has 224 valence electrons. The van der Waals surface area contributed by atoms with E-state index in [1.165, 1.54) is 24.0 Å². The summed E-state index contributed by atoms with van der Waals surface area (Å²) < 4.78 is 28.4. The molecule has 1 fully saturated rings. The SMILES string of the molecule is COC(=O)c1c(Cl)c2c(nc(N)n3nc(-c4ccccn4)nc23)n1CCN1CCN(c2cc(-c3ncco3)ccc2F)CC1. The highest BCUT2D eigenvalue weighted by Gasteiger charge is 2.29. The number of halogens is 2. The van der Waals surface area contributed by atoms with Gasteiger partial charge in [-0.05, 0) is 30.3 Å². The number of nitrogen functional groups attached to an aromatic ring is 1. The third kappa shape index (κ3) is 4.77. The van der Waals surface area contributed by atoms with E-state index in [2.05, 4.69) is 29.9 Å². The Kier molecular flexibility index (Phi) is 7.06. The lowest BCUT2D eigenvalue weighted by Crippen LogP contribution is -2.47. The van der Waals surface area contributed by atoms with Crippen molar-refractivity contribution in [2.75, 3.05) is 50.5 Å². The van der Waals surface area contributed by atoms with Crippen LogP contribution in [0.1, 0.15) is 10.5 Å². The van der Waals surface area contributed by atoms with E-state index in [-0.39, 0.29) is 22.5 Å². The Morgan fingerprint density at radius 1 is 1.07 bits per heavy atom. The van der Waals surface area contributed by atoms with Crippen LogP contribution in [0.25, 0.3) is 39.7 Å². The largest absolute Gasteiger partial charge is 0.464 e.